The zero-order valence-corrected chi connectivity index (χ0v) is 8.42. The van der Waals surface area contributed by atoms with E-state index in [2.05, 4.69) is 4.98 Å². The van der Waals surface area contributed by atoms with Gasteiger partial charge in [0, 0.05) is 5.25 Å². The third-order valence-corrected chi connectivity index (χ3v) is 3.47. The highest BCUT2D eigenvalue weighted by atomic mass is 32.2. The van der Waals surface area contributed by atoms with Gasteiger partial charge in [0.15, 0.2) is 5.69 Å². The average Bonchev–Trinajstić information content (AvgIpc) is 2.75. The molecule has 14 heavy (non-hydrogen) atoms. The van der Waals surface area contributed by atoms with E-state index < -0.39 is 5.97 Å². The molecule has 1 aromatic rings. The molecule has 0 spiro atoms. The van der Waals surface area contributed by atoms with Gasteiger partial charge in [-0.05, 0) is 12.8 Å². The summed E-state index contributed by atoms with van der Waals surface area (Å²) in [6.45, 7) is 0. The summed E-state index contributed by atoms with van der Waals surface area (Å²) in [6, 6.07) is 0. The summed E-state index contributed by atoms with van der Waals surface area (Å²) >= 11 is 1.55. The van der Waals surface area contributed by atoms with E-state index >= 15 is 0 Å². The number of oxazole rings is 1. The summed E-state index contributed by atoms with van der Waals surface area (Å²) in [5.74, 6) is -1.04. The van der Waals surface area contributed by atoms with Gasteiger partial charge in [-0.1, -0.05) is 24.6 Å². The fraction of sp³-hybridized carbons (Fsp3) is 0.556. The van der Waals surface area contributed by atoms with Crippen LogP contribution in [0.3, 0.4) is 0 Å². The zero-order valence-electron chi connectivity index (χ0n) is 7.60. The highest BCUT2D eigenvalue weighted by molar-refractivity contribution is 7.99. The van der Waals surface area contributed by atoms with Gasteiger partial charge in [0.1, 0.15) is 6.26 Å². The zero-order chi connectivity index (χ0) is 9.97. The number of hydrogen-bond donors (Lipinski definition) is 1. The van der Waals surface area contributed by atoms with Crippen molar-refractivity contribution in [1.29, 1.82) is 0 Å². The summed E-state index contributed by atoms with van der Waals surface area (Å²) in [6.07, 6.45) is 6.05. The number of thioether (sulfide) groups is 1. The van der Waals surface area contributed by atoms with Crippen molar-refractivity contribution in [3.63, 3.8) is 0 Å². The van der Waals surface area contributed by atoms with Crippen molar-refractivity contribution in [3.8, 4) is 0 Å². The Kier molecular flexibility index (Phi) is 2.77. The molecule has 0 radical (unpaired) electrons. The number of hydrogen-bond acceptors (Lipinski definition) is 4. The molecule has 76 valence electrons. The first-order chi connectivity index (χ1) is 6.75. The quantitative estimate of drug-likeness (QED) is 0.835. The molecular weight excluding hydrogens is 202 g/mol. The van der Waals surface area contributed by atoms with Crippen LogP contribution in [0.25, 0.3) is 0 Å². The molecular formula is C9H11NO3S. The number of aromatic carboxylic acids is 1. The Morgan fingerprint density at radius 1 is 1.57 bits per heavy atom. The van der Waals surface area contributed by atoms with E-state index in [9.17, 15) is 4.79 Å². The second-order valence-corrected chi connectivity index (χ2v) is 4.58. The fourth-order valence-corrected chi connectivity index (χ4v) is 2.67. The number of carbonyl (C=O) groups is 1. The molecule has 1 saturated carbocycles. The van der Waals surface area contributed by atoms with Crippen LogP contribution in [-0.4, -0.2) is 21.3 Å². The van der Waals surface area contributed by atoms with Crippen molar-refractivity contribution >= 4 is 17.7 Å². The van der Waals surface area contributed by atoms with Crippen LogP contribution >= 0.6 is 11.8 Å². The van der Waals surface area contributed by atoms with Gasteiger partial charge in [-0.15, -0.1) is 0 Å². The Bertz CT molecular complexity index is 331. The minimum absolute atomic E-state index is 0.00880. The largest absolute Gasteiger partial charge is 0.476 e. The predicted octanol–water partition coefficient (Wildman–Crippen LogP) is 2.41. The van der Waals surface area contributed by atoms with Crippen LogP contribution in [0.1, 0.15) is 36.2 Å². The van der Waals surface area contributed by atoms with E-state index in [4.69, 9.17) is 9.52 Å². The number of aromatic nitrogens is 1. The lowest BCUT2D eigenvalue weighted by Gasteiger charge is -2.02. The third kappa shape index (κ3) is 2.09. The van der Waals surface area contributed by atoms with Crippen molar-refractivity contribution < 1.29 is 14.3 Å². The molecule has 4 nitrogen and oxygen atoms in total. The minimum Gasteiger partial charge on any atom is -0.476 e. The molecule has 5 heteroatoms. The minimum atomic E-state index is -1.04. The lowest BCUT2D eigenvalue weighted by molar-refractivity contribution is 0.0690. The molecule has 0 amide bonds. The van der Waals surface area contributed by atoms with E-state index in [0.29, 0.717) is 10.5 Å². The van der Waals surface area contributed by atoms with Crippen LogP contribution < -0.4 is 0 Å². The topological polar surface area (TPSA) is 63.3 Å². The summed E-state index contributed by atoms with van der Waals surface area (Å²) < 4.78 is 5.06. The summed E-state index contributed by atoms with van der Waals surface area (Å²) in [7, 11) is 0. The highest BCUT2D eigenvalue weighted by Crippen LogP contribution is 2.33. The smallest absolute Gasteiger partial charge is 0.357 e. The molecule has 1 aliphatic carbocycles. The van der Waals surface area contributed by atoms with Crippen molar-refractivity contribution in [2.75, 3.05) is 0 Å². The van der Waals surface area contributed by atoms with Crippen LogP contribution in [0.5, 0.6) is 0 Å². The highest BCUT2D eigenvalue weighted by Gasteiger charge is 2.19. The second kappa shape index (κ2) is 4.04. The summed E-state index contributed by atoms with van der Waals surface area (Å²) in [5, 5.41) is 9.66. The molecule has 0 bridgehead atoms. The van der Waals surface area contributed by atoms with E-state index in [0.717, 1.165) is 0 Å². The van der Waals surface area contributed by atoms with Crippen LogP contribution in [0, 0.1) is 0 Å². The van der Waals surface area contributed by atoms with Crippen LogP contribution in [0.2, 0.25) is 0 Å². The predicted molar refractivity (Wildman–Crippen MR) is 51.6 cm³/mol. The molecule has 1 N–H and O–H groups in total. The number of carboxylic acid groups (broad SMARTS) is 1. The molecule has 0 unspecified atom stereocenters. The number of nitrogens with zero attached hydrogens (tertiary/aromatic N) is 1. The maximum Gasteiger partial charge on any atom is 0.357 e. The fourth-order valence-electron chi connectivity index (χ4n) is 1.56. The number of rotatable bonds is 3. The molecule has 2 rings (SSSR count). The van der Waals surface area contributed by atoms with Gasteiger partial charge in [-0.3, -0.25) is 0 Å². The standard InChI is InChI=1S/C9H11NO3S/c11-8(12)7-5-13-9(10-7)14-6-3-1-2-4-6/h5-6H,1-4H2,(H,11,12). The molecule has 0 saturated heterocycles. The van der Waals surface area contributed by atoms with Gasteiger partial charge in [0.2, 0.25) is 0 Å². The molecule has 1 fully saturated rings. The van der Waals surface area contributed by atoms with Crippen molar-refractivity contribution in [2.24, 2.45) is 0 Å². The van der Waals surface area contributed by atoms with E-state index in [1.54, 1.807) is 11.8 Å². The SMILES string of the molecule is O=C(O)c1coc(SC2CCCC2)n1. The lowest BCUT2D eigenvalue weighted by Crippen LogP contribution is -1.97. The molecule has 1 aromatic heterocycles. The molecule has 1 aliphatic rings. The van der Waals surface area contributed by atoms with Gasteiger partial charge in [0.05, 0.1) is 0 Å². The molecule has 0 aliphatic heterocycles. The average molecular weight is 213 g/mol. The molecule has 0 aromatic carbocycles. The maximum absolute atomic E-state index is 10.5. The first kappa shape index (κ1) is 9.58. The number of carboxylic acids is 1. The Morgan fingerprint density at radius 3 is 2.86 bits per heavy atom. The Balaban J connectivity index is 1.98. The summed E-state index contributed by atoms with van der Waals surface area (Å²) in [4.78, 5) is 14.4. The monoisotopic (exact) mass is 213 g/mol. The van der Waals surface area contributed by atoms with Crippen LogP contribution in [-0.2, 0) is 0 Å². The first-order valence-electron chi connectivity index (χ1n) is 4.61. The summed E-state index contributed by atoms with van der Waals surface area (Å²) in [5.41, 5.74) is -0.00880. The van der Waals surface area contributed by atoms with Crippen molar-refractivity contribution in [2.45, 2.75) is 36.2 Å². The van der Waals surface area contributed by atoms with Crippen molar-refractivity contribution in [1.82, 2.24) is 4.98 Å². The van der Waals surface area contributed by atoms with Gasteiger partial charge >= 0.3 is 5.97 Å². The molecule has 0 atom stereocenters. The van der Waals surface area contributed by atoms with E-state index in [1.165, 1.54) is 31.9 Å². The Hall–Kier alpha value is -0.970. The van der Waals surface area contributed by atoms with E-state index in [1.807, 2.05) is 0 Å². The Labute approximate surface area is 85.7 Å². The van der Waals surface area contributed by atoms with Gasteiger partial charge in [-0.2, -0.15) is 4.98 Å². The Morgan fingerprint density at radius 2 is 2.29 bits per heavy atom. The third-order valence-electron chi connectivity index (χ3n) is 2.27. The maximum atomic E-state index is 10.5. The van der Waals surface area contributed by atoms with E-state index in [-0.39, 0.29) is 5.69 Å². The van der Waals surface area contributed by atoms with Gasteiger partial charge < -0.3 is 9.52 Å². The normalized spacial score (nSPS) is 17.4. The second-order valence-electron chi connectivity index (χ2n) is 3.33. The lowest BCUT2D eigenvalue weighted by atomic mass is 10.4. The molecule has 1 heterocycles. The van der Waals surface area contributed by atoms with Gasteiger partial charge in [0.25, 0.3) is 5.22 Å². The van der Waals surface area contributed by atoms with Gasteiger partial charge in [-0.25, -0.2) is 4.79 Å². The first-order valence-corrected chi connectivity index (χ1v) is 5.49. The van der Waals surface area contributed by atoms with Crippen LogP contribution in [0.15, 0.2) is 15.9 Å². The van der Waals surface area contributed by atoms with Crippen molar-refractivity contribution in [3.05, 3.63) is 12.0 Å². The van der Waals surface area contributed by atoms with Crippen LogP contribution in [0.4, 0.5) is 0 Å².